The van der Waals surface area contributed by atoms with Crippen molar-refractivity contribution in [2.45, 2.75) is 31.3 Å². The fourth-order valence-electron chi connectivity index (χ4n) is 5.53. The third-order valence-corrected chi connectivity index (χ3v) is 7.59. The third kappa shape index (κ3) is 4.58. The molecule has 190 valence electrons. The van der Waals surface area contributed by atoms with Crippen LogP contribution in [0.4, 0.5) is 4.79 Å². The maximum atomic E-state index is 13.7. The van der Waals surface area contributed by atoms with Gasteiger partial charge in [0, 0.05) is 44.5 Å². The van der Waals surface area contributed by atoms with Gasteiger partial charge in [-0.2, -0.15) is 0 Å². The van der Waals surface area contributed by atoms with Crippen LogP contribution in [0.15, 0.2) is 54.6 Å². The van der Waals surface area contributed by atoms with Crippen LogP contribution < -0.4 is 4.74 Å². The van der Waals surface area contributed by atoms with Crippen LogP contribution in [-0.4, -0.2) is 84.2 Å². The molecule has 3 aromatic rings. The van der Waals surface area contributed by atoms with E-state index in [-0.39, 0.29) is 18.5 Å². The van der Waals surface area contributed by atoms with Gasteiger partial charge in [-0.05, 0) is 54.5 Å². The van der Waals surface area contributed by atoms with Crippen LogP contribution in [0.2, 0.25) is 0 Å². The van der Waals surface area contributed by atoms with Gasteiger partial charge in [0.25, 0.3) is 5.91 Å². The van der Waals surface area contributed by atoms with E-state index < -0.39 is 5.54 Å². The van der Waals surface area contributed by atoms with E-state index in [0.29, 0.717) is 32.4 Å². The van der Waals surface area contributed by atoms with E-state index in [1.807, 2.05) is 41.3 Å². The number of rotatable bonds is 9. The zero-order chi connectivity index (χ0) is 25.1. The molecule has 0 radical (unpaired) electrons. The number of benzene rings is 2. The quantitative estimate of drug-likeness (QED) is 0.463. The van der Waals surface area contributed by atoms with Gasteiger partial charge in [-0.3, -0.25) is 14.6 Å². The van der Waals surface area contributed by atoms with Crippen molar-refractivity contribution in [3.05, 3.63) is 65.9 Å². The molecule has 2 fully saturated rings. The summed E-state index contributed by atoms with van der Waals surface area (Å²) in [6, 6.07) is 18.1. The van der Waals surface area contributed by atoms with Crippen molar-refractivity contribution in [3.63, 3.8) is 0 Å². The number of carbonyl (C=O) groups is 2. The van der Waals surface area contributed by atoms with E-state index in [2.05, 4.69) is 28.1 Å². The lowest BCUT2D eigenvalue weighted by Crippen LogP contribution is -2.56. The molecule has 2 aliphatic heterocycles. The Balaban J connectivity index is 1.30. The van der Waals surface area contributed by atoms with Crippen LogP contribution in [0.1, 0.15) is 24.1 Å². The van der Waals surface area contributed by atoms with Gasteiger partial charge >= 0.3 is 6.03 Å². The molecule has 3 heterocycles. The highest BCUT2D eigenvalue weighted by Gasteiger charge is 2.57. The smallest absolute Gasteiger partial charge is 0.327 e. The number of piperidine rings is 1. The normalized spacial score (nSPS) is 18.1. The average molecular weight is 491 g/mol. The fraction of sp³-hybridized carbons (Fsp3) is 0.429. The Morgan fingerprint density at radius 2 is 1.72 bits per heavy atom. The molecule has 2 aromatic carbocycles. The summed E-state index contributed by atoms with van der Waals surface area (Å²) in [5.74, 6) is 0.722. The Morgan fingerprint density at radius 1 is 0.972 bits per heavy atom. The van der Waals surface area contributed by atoms with Crippen molar-refractivity contribution < 1.29 is 19.1 Å². The molecule has 2 aliphatic rings. The van der Waals surface area contributed by atoms with Crippen molar-refractivity contribution in [1.82, 2.24) is 19.7 Å². The molecule has 0 unspecified atom stereocenters. The number of imide groups is 1. The number of urea groups is 1. The number of hydrogen-bond donors (Lipinski definition) is 1. The number of para-hydroxylation sites is 1. The van der Waals surface area contributed by atoms with Crippen molar-refractivity contribution in [2.24, 2.45) is 0 Å². The second-order valence-corrected chi connectivity index (χ2v) is 9.67. The molecule has 0 aliphatic carbocycles. The molecule has 3 amide bonds. The summed E-state index contributed by atoms with van der Waals surface area (Å²) >= 11 is 0. The number of aromatic nitrogens is 1. The van der Waals surface area contributed by atoms with Gasteiger partial charge in [0.15, 0.2) is 0 Å². The van der Waals surface area contributed by atoms with E-state index in [1.54, 1.807) is 14.2 Å². The van der Waals surface area contributed by atoms with E-state index in [0.717, 1.165) is 36.5 Å². The van der Waals surface area contributed by atoms with Crippen LogP contribution >= 0.6 is 0 Å². The number of hydrogen-bond acceptors (Lipinski definition) is 5. The monoisotopic (exact) mass is 490 g/mol. The molecule has 8 heteroatoms. The minimum absolute atomic E-state index is 0.0791. The van der Waals surface area contributed by atoms with Crippen molar-refractivity contribution >= 4 is 22.8 Å². The highest BCUT2D eigenvalue weighted by molar-refractivity contribution is 6.07. The summed E-state index contributed by atoms with van der Waals surface area (Å²) in [6.07, 6.45) is 1.94. The lowest BCUT2D eigenvalue weighted by Gasteiger charge is -2.42. The van der Waals surface area contributed by atoms with Crippen LogP contribution in [0.3, 0.4) is 0 Å². The number of amides is 3. The van der Waals surface area contributed by atoms with E-state index in [9.17, 15) is 9.59 Å². The molecule has 1 aromatic heterocycles. The Labute approximate surface area is 211 Å². The summed E-state index contributed by atoms with van der Waals surface area (Å²) in [5.41, 5.74) is 2.63. The molecule has 2 saturated heterocycles. The predicted molar refractivity (Wildman–Crippen MR) is 138 cm³/mol. The predicted octanol–water partition coefficient (Wildman–Crippen LogP) is 3.66. The molecule has 8 nitrogen and oxygen atoms in total. The molecule has 5 rings (SSSR count). The molecule has 36 heavy (non-hydrogen) atoms. The SMILES string of the molecule is COCCN1C(=O)N(CCc2ccc(OC)cc2)C2(CCN(Cc3cc4ccccc4[nH]3)CC2)C1=O. The second kappa shape index (κ2) is 10.3. The standard InChI is InChI=1S/C28H34N4O4/c1-35-18-17-31-26(33)28(32(27(31)34)14-11-21-7-9-24(36-2)10-8-21)12-15-30(16-13-28)20-23-19-22-5-3-4-6-25(22)29-23/h3-10,19,29H,11-18,20H2,1-2H3. The zero-order valence-electron chi connectivity index (χ0n) is 21.0. The molecular formula is C28H34N4O4. The zero-order valence-corrected chi connectivity index (χ0v) is 21.0. The molecule has 1 N–H and O–H groups in total. The van der Waals surface area contributed by atoms with Crippen molar-refractivity contribution in [3.8, 4) is 5.75 Å². The molecule has 1 spiro atoms. The molecule has 0 bridgehead atoms. The summed E-state index contributed by atoms with van der Waals surface area (Å²) in [4.78, 5) is 36.2. The summed E-state index contributed by atoms with van der Waals surface area (Å²) < 4.78 is 10.4. The average Bonchev–Trinajstić information content (AvgIpc) is 3.39. The number of nitrogens with one attached hydrogen (secondary N) is 1. The number of fused-ring (bicyclic) bond motifs is 1. The van der Waals surface area contributed by atoms with E-state index in [4.69, 9.17) is 9.47 Å². The van der Waals surface area contributed by atoms with E-state index >= 15 is 0 Å². The summed E-state index contributed by atoms with van der Waals surface area (Å²) in [6.45, 7) is 3.44. The highest BCUT2D eigenvalue weighted by atomic mass is 16.5. The van der Waals surface area contributed by atoms with Gasteiger partial charge < -0.3 is 19.4 Å². The van der Waals surface area contributed by atoms with Crippen molar-refractivity contribution in [1.29, 1.82) is 0 Å². The van der Waals surface area contributed by atoms with Crippen molar-refractivity contribution in [2.75, 3.05) is 47.0 Å². The van der Waals surface area contributed by atoms with Gasteiger partial charge in [-0.25, -0.2) is 4.79 Å². The Kier molecular flexibility index (Phi) is 6.98. The summed E-state index contributed by atoms with van der Waals surface area (Å²) in [7, 11) is 3.23. The number of nitrogens with zero attached hydrogens (tertiary/aromatic N) is 3. The van der Waals surface area contributed by atoms with Gasteiger partial charge in [0.05, 0.1) is 20.3 Å². The first-order valence-corrected chi connectivity index (χ1v) is 12.6. The Hall–Kier alpha value is -3.36. The minimum atomic E-state index is -0.783. The number of aromatic amines is 1. The number of methoxy groups -OCH3 is 2. The van der Waals surface area contributed by atoms with Crippen LogP contribution in [0.5, 0.6) is 5.75 Å². The van der Waals surface area contributed by atoms with Crippen LogP contribution in [0, 0.1) is 0 Å². The number of carbonyl (C=O) groups excluding carboxylic acids is 2. The molecule has 0 atom stereocenters. The maximum absolute atomic E-state index is 13.7. The highest BCUT2D eigenvalue weighted by Crippen LogP contribution is 2.38. The maximum Gasteiger partial charge on any atom is 0.327 e. The number of likely N-dealkylation sites (tertiary alicyclic amines) is 1. The first kappa shape index (κ1) is 24.3. The van der Waals surface area contributed by atoms with Gasteiger partial charge in [-0.15, -0.1) is 0 Å². The Morgan fingerprint density at radius 3 is 2.42 bits per heavy atom. The number of ether oxygens (including phenoxy) is 2. The lowest BCUT2D eigenvalue weighted by atomic mass is 9.85. The van der Waals surface area contributed by atoms with Gasteiger partial charge in [-0.1, -0.05) is 30.3 Å². The van der Waals surface area contributed by atoms with Gasteiger partial charge in [0.1, 0.15) is 11.3 Å². The van der Waals surface area contributed by atoms with Crippen LogP contribution in [0.25, 0.3) is 10.9 Å². The third-order valence-electron chi connectivity index (χ3n) is 7.59. The Bertz CT molecular complexity index is 1180. The molecular weight excluding hydrogens is 456 g/mol. The largest absolute Gasteiger partial charge is 0.497 e. The minimum Gasteiger partial charge on any atom is -0.497 e. The topological polar surface area (TPSA) is 78.1 Å². The van der Waals surface area contributed by atoms with Crippen LogP contribution in [-0.2, 0) is 22.5 Å². The summed E-state index contributed by atoms with van der Waals surface area (Å²) in [5, 5.41) is 1.20. The van der Waals surface area contributed by atoms with Gasteiger partial charge in [0.2, 0.25) is 0 Å². The lowest BCUT2D eigenvalue weighted by molar-refractivity contribution is -0.136. The number of H-pyrrole nitrogens is 1. The van der Waals surface area contributed by atoms with E-state index in [1.165, 1.54) is 16.0 Å². The first-order valence-electron chi connectivity index (χ1n) is 12.6. The second-order valence-electron chi connectivity index (χ2n) is 9.67. The molecule has 0 saturated carbocycles. The first-order chi connectivity index (χ1) is 17.5. The fourth-order valence-corrected chi connectivity index (χ4v) is 5.53.